The number of nitrogens with one attached hydrogen (secondary N) is 1. The number of carbonyl (C=O) groups is 2. The molecule has 0 bridgehead atoms. The Balaban J connectivity index is 2.43. The van der Waals surface area contributed by atoms with Crippen molar-refractivity contribution in [3.8, 4) is 5.75 Å². The van der Waals surface area contributed by atoms with Crippen LogP contribution < -0.4 is 5.32 Å². The van der Waals surface area contributed by atoms with Crippen LogP contribution in [0, 0.1) is 0 Å². The summed E-state index contributed by atoms with van der Waals surface area (Å²) in [4.78, 5) is 27.9. The summed E-state index contributed by atoms with van der Waals surface area (Å²) in [7, 11) is 3.31. The predicted octanol–water partition coefficient (Wildman–Crippen LogP) is -0.00470. The van der Waals surface area contributed by atoms with E-state index in [9.17, 15) is 9.59 Å². The van der Waals surface area contributed by atoms with Crippen LogP contribution in [0.5, 0.6) is 5.75 Å². The van der Waals surface area contributed by atoms with Gasteiger partial charge in [-0.25, -0.2) is 0 Å². The standard InChI is InChI=1S/C11H15N3O3/c1-14(2)10(16)3-4-13-11(17)8-5-9(15)7-12-6-8/h5-7,15H,3-4H2,1-2H3,(H,13,17). The minimum atomic E-state index is -0.361. The number of aromatic nitrogens is 1. The summed E-state index contributed by atoms with van der Waals surface area (Å²) in [5.41, 5.74) is 0.266. The molecule has 0 radical (unpaired) electrons. The fourth-order valence-corrected chi connectivity index (χ4v) is 1.16. The third-order valence-corrected chi connectivity index (χ3v) is 2.11. The maximum atomic E-state index is 11.6. The van der Waals surface area contributed by atoms with E-state index in [1.165, 1.54) is 23.4 Å². The Morgan fingerprint density at radius 3 is 2.71 bits per heavy atom. The number of nitrogens with zero attached hydrogens (tertiary/aromatic N) is 2. The van der Waals surface area contributed by atoms with Gasteiger partial charge >= 0.3 is 0 Å². The molecule has 0 aliphatic heterocycles. The van der Waals surface area contributed by atoms with Crippen molar-refractivity contribution in [3.63, 3.8) is 0 Å². The summed E-state index contributed by atoms with van der Waals surface area (Å²) in [6.45, 7) is 0.255. The first-order valence-electron chi connectivity index (χ1n) is 5.13. The number of carbonyl (C=O) groups excluding carboxylic acids is 2. The summed E-state index contributed by atoms with van der Waals surface area (Å²) < 4.78 is 0. The average Bonchev–Trinajstić information content (AvgIpc) is 2.28. The Bertz CT molecular complexity index is 418. The van der Waals surface area contributed by atoms with E-state index in [4.69, 9.17) is 5.11 Å². The van der Waals surface area contributed by atoms with Crippen molar-refractivity contribution in [1.82, 2.24) is 15.2 Å². The second-order valence-electron chi connectivity index (χ2n) is 3.73. The normalized spacial score (nSPS) is 9.76. The Morgan fingerprint density at radius 1 is 1.41 bits per heavy atom. The zero-order chi connectivity index (χ0) is 12.8. The van der Waals surface area contributed by atoms with Crippen LogP contribution in [-0.2, 0) is 4.79 Å². The lowest BCUT2D eigenvalue weighted by Gasteiger charge is -2.10. The van der Waals surface area contributed by atoms with Gasteiger partial charge in [0.1, 0.15) is 5.75 Å². The molecule has 0 saturated heterocycles. The van der Waals surface area contributed by atoms with Crippen LogP contribution in [0.3, 0.4) is 0 Å². The molecule has 1 heterocycles. The van der Waals surface area contributed by atoms with E-state index >= 15 is 0 Å². The molecule has 0 aromatic carbocycles. The fourth-order valence-electron chi connectivity index (χ4n) is 1.16. The lowest BCUT2D eigenvalue weighted by atomic mass is 10.2. The van der Waals surface area contributed by atoms with Gasteiger partial charge in [0.2, 0.25) is 5.91 Å². The van der Waals surface area contributed by atoms with Crippen molar-refractivity contribution in [3.05, 3.63) is 24.0 Å². The molecule has 2 N–H and O–H groups in total. The van der Waals surface area contributed by atoms with E-state index in [2.05, 4.69) is 10.3 Å². The van der Waals surface area contributed by atoms with Crippen LogP contribution in [0.1, 0.15) is 16.8 Å². The van der Waals surface area contributed by atoms with E-state index in [-0.39, 0.29) is 36.1 Å². The second-order valence-corrected chi connectivity index (χ2v) is 3.73. The topological polar surface area (TPSA) is 82.5 Å². The Kier molecular flexibility index (Phi) is 4.45. The molecular formula is C11H15N3O3. The summed E-state index contributed by atoms with van der Waals surface area (Å²) in [6.07, 6.45) is 2.83. The molecule has 0 fully saturated rings. The van der Waals surface area contributed by atoms with Crippen LogP contribution in [0.25, 0.3) is 0 Å². The lowest BCUT2D eigenvalue weighted by molar-refractivity contribution is -0.128. The van der Waals surface area contributed by atoms with Gasteiger partial charge in [0, 0.05) is 33.3 Å². The molecule has 92 valence electrons. The molecule has 0 atom stereocenters. The molecule has 17 heavy (non-hydrogen) atoms. The van der Waals surface area contributed by atoms with Gasteiger partial charge in [-0.1, -0.05) is 0 Å². The van der Waals surface area contributed by atoms with E-state index in [1.807, 2.05) is 0 Å². The van der Waals surface area contributed by atoms with Gasteiger partial charge in [-0.15, -0.1) is 0 Å². The SMILES string of the molecule is CN(C)C(=O)CCNC(=O)c1cncc(O)c1. The highest BCUT2D eigenvalue weighted by molar-refractivity contribution is 5.94. The Labute approximate surface area is 99.3 Å². The van der Waals surface area contributed by atoms with Gasteiger partial charge < -0.3 is 15.3 Å². The van der Waals surface area contributed by atoms with Gasteiger partial charge in [-0.05, 0) is 6.07 Å². The number of hydrogen-bond donors (Lipinski definition) is 2. The van der Waals surface area contributed by atoms with Gasteiger partial charge in [-0.3, -0.25) is 14.6 Å². The van der Waals surface area contributed by atoms with Crippen molar-refractivity contribution in [2.75, 3.05) is 20.6 Å². The molecule has 0 spiro atoms. The van der Waals surface area contributed by atoms with Crippen LogP contribution in [0.2, 0.25) is 0 Å². The fraction of sp³-hybridized carbons (Fsp3) is 0.364. The first-order chi connectivity index (χ1) is 8.00. The highest BCUT2D eigenvalue weighted by Gasteiger charge is 2.08. The minimum absolute atomic E-state index is 0.0562. The van der Waals surface area contributed by atoms with Crippen molar-refractivity contribution in [2.45, 2.75) is 6.42 Å². The molecule has 0 aliphatic rings. The first-order valence-corrected chi connectivity index (χ1v) is 5.13. The van der Waals surface area contributed by atoms with Gasteiger partial charge in [0.15, 0.2) is 0 Å². The molecule has 1 aromatic rings. The minimum Gasteiger partial charge on any atom is -0.506 e. The molecule has 0 unspecified atom stereocenters. The summed E-state index contributed by atoms with van der Waals surface area (Å²) in [5.74, 6) is -0.485. The molecule has 1 aromatic heterocycles. The van der Waals surface area contributed by atoms with Gasteiger partial charge in [-0.2, -0.15) is 0 Å². The zero-order valence-electron chi connectivity index (χ0n) is 9.80. The molecular weight excluding hydrogens is 222 g/mol. The van der Waals surface area contributed by atoms with Crippen LogP contribution in [-0.4, -0.2) is 47.4 Å². The molecule has 1 rings (SSSR count). The number of pyridine rings is 1. The van der Waals surface area contributed by atoms with Crippen molar-refractivity contribution >= 4 is 11.8 Å². The monoisotopic (exact) mass is 237 g/mol. The van der Waals surface area contributed by atoms with Crippen LogP contribution in [0.15, 0.2) is 18.5 Å². The highest BCUT2D eigenvalue weighted by Crippen LogP contribution is 2.07. The van der Waals surface area contributed by atoms with Crippen LogP contribution >= 0.6 is 0 Å². The molecule has 6 heteroatoms. The van der Waals surface area contributed by atoms with Gasteiger partial charge in [0.05, 0.1) is 11.8 Å². The summed E-state index contributed by atoms with van der Waals surface area (Å²) in [5, 5.41) is 11.7. The van der Waals surface area contributed by atoms with Crippen molar-refractivity contribution < 1.29 is 14.7 Å². The second kappa shape index (κ2) is 5.83. The van der Waals surface area contributed by atoms with E-state index in [1.54, 1.807) is 14.1 Å². The number of rotatable bonds is 4. The largest absolute Gasteiger partial charge is 0.506 e. The molecule has 2 amide bonds. The van der Waals surface area contributed by atoms with E-state index in [0.29, 0.717) is 0 Å². The van der Waals surface area contributed by atoms with Gasteiger partial charge in [0.25, 0.3) is 5.91 Å². The van der Waals surface area contributed by atoms with Crippen LogP contribution in [0.4, 0.5) is 0 Å². The third kappa shape index (κ3) is 4.10. The number of aromatic hydroxyl groups is 1. The highest BCUT2D eigenvalue weighted by atomic mass is 16.3. The molecule has 0 aliphatic carbocycles. The average molecular weight is 237 g/mol. The zero-order valence-corrected chi connectivity index (χ0v) is 9.80. The van der Waals surface area contributed by atoms with E-state index < -0.39 is 0 Å². The van der Waals surface area contributed by atoms with Crippen molar-refractivity contribution in [2.24, 2.45) is 0 Å². The Hall–Kier alpha value is -2.11. The number of hydrogen-bond acceptors (Lipinski definition) is 4. The third-order valence-electron chi connectivity index (χ3n) is 2.11. The maximum absolute atomic E-state index is 11.6. The van der Waals surface area contributed by atoms with Crippen molar-refractivity contribution in [1.29, 1.82) is 0 Å². The molecule has 6 nitrogen and oxygen atoms in total. The maximum Gasteiger partial charge on any atom is 0.252 e. The summed E-state index contributed by atoms with van der Waals surface area (Å²) in [6, 6.07) is 1.32. The Morgan fingerprint density at radius 2 is 2.12 bits per heavy atom. The quantitative estimate of drug-likeness (QED) is 0.772. The smallest absolute Gasteiger partial charge is 0.252 e. The number of amides is 2. The van der Waals surface area contributed by atoms with E-state index in [0.717, 1.165) is 0 Å². The summed E-state index contributed by atoms with van der Waals surface area (Å²) >= 11 is 0. The lowest BCUT2D eigenvalue weighted by Crippen LogP contribution is -2.30. The molecule has 0 saturated carbocycles. The predicted molar refractivity (Wildman–Crippen MR) is 61.5 cm³/mol. The first kappa shape index (κ1) is 13.0.